The van der Waals surface area contributed by atoms with Crippen LogP contribution in [-0.4, -0.2) is 30.5 Å². The molecule has 1 amide bonds. The second kappa shape index (κ2) is 6.51. The number of nitrogens with one attached hydrogen (secondary N) is 1. The molecule has 0 bridgehead atoms. The highest BCUT2D eigenvalue weighted by molar-refractivity contribution is 9.10. The lowest BCUT2D eigenvalue weighted by Crippen LogP contribution is -2.15. The Hall–Kier alpha value is -2.19. The van der Waals surface area contributed by atoms with Crippen molar-refractivity contribution in [2.24, 2.45) is 7.05 Å². The van der Waals surface area contributed by atoms with Gasteiger partial charge in [-0.3, -0.25) is 14.8 Å². The highest BCUT2D eigenvalue weighted by Gasteiger charge is 2.16. The Morgan fingerprint density at radius 2 is 2.13 bits per heavy atom. The number of carbonyl (C=O) groups is 1. The summed E-state index contributed by atoms with van der Waals surface area (Å²) < 4.78 is 3.75. The third-order valence-electron chi connectivity index (χ3n) is 3.05. The number of aryl methyl sites for hydroxylation is 1. The number of anilines is 1. The van der Waals surface area contributed by atoms with E-state index in [1.807, 2.05) is 24.3 Å². The lowest BCUT2D eigenvalue weighted by Gasteiger charge is -2.03. The summed E-state index contributed by atoms with van der Waals surface area (Å²) >= 11 is 9.40. The van der Waals surface area contributed by atoms with Crippen LogP contribution < -0.4 is 5.32 Å². The third-order valence-corrected chi connectivity index (χ3v) is 4.00. The van der Waals surface area contributed by atoms with Crippen LogP contribution in [0.1, 0.15) is 16.1 Å². The average Bonchev–Trinajstić information content (AvgIpc) is 3.07. The van der Waals surface area contributed by atoms with Crippen molar-refractivity contribution >= 4 is 39.4 Å². The molecule has 0 saturated carbocycles. The summed E-state index contributed by atoms with van der Waals surface area (Å²) in [5.41, 5.74) is 1.19. The SMILES string of the molecule is Cn1cc(Br)c(C(=O)Nc2ncn(Cc3ccccc3Cl)n2)n1. The fraction of sp³-hybridized carbons (Fsp3) is 0.143. The molecule has 0 atom stereocenters. The minimum atomic E-state index is -0.382. The van der Waals surface area contributed by atoms with Crippen LogP contribution >= 0.6 is 27.5 Å². The zero-order valence-electron chi connectivity index (χ0n) is 12.1. The summed E-state index contributed by atoms with van der Waals surface area (Å²) in [4.78, 5) is 16.2. The second-order valence-corrected chi connectivity index (χ2v) is 6.07. The first-order valence-corrected chi connectivity index (χ1v) is 7.83. The smallest absolute Gasteiger partial charge is 0.279 e. The first-order valence-electron chi connectivity index (χ1n) is 6.66. The van der Waals surface area contributed by atoms with Gasteiger partial charge in [-0.2, -0.15) is 5.10 Å². The fourth-order valence-electron chi connectivity index (χ4n) is 2.00. The van der Waals surface area contributed by atoms with E-state index in [-0.39, 0.29) is 17.5 Å². The maximum atomic E-state index is 12.1. The topological polar surface area (TPSA) is 77.6 Å². The van der Waals surface area contributed by atoms with Gasteiger partial charge >= 0.3 is 0 Å². The van der Waals surface area contributed by atoms with Gasteiger partial charge in [0.25, 0.3) is 5.91 Å². The first-order chi connectivity index (χ1) is 11.0. The molecule has 23 heavy (non-hydrogen) atoms. The molecule has 3 rings (SSSR count). The van der Waals surface area contributed by atoms with Crippen LogP contribution in [0.5, 0.6) is 0 Å². The summed E-state index contributed by atoms with van der Waals surface area (Å²) in [5, 5.41) is 11.6. The lowest BCUT2D eigenvalue weighted by atomic mass is 10.2. The highest BCUT2D eigenvalue weighted by atomic mass is 79.9. The van der Waals surface area contributed by atoms with Crippen molar-refractivity contribution in [2.45, 2.75) is 6.54 Å². The third kappa shape index (κ3) is 3.59. The normalized spacial score (nSPS) is 10.7. The Balaban J connectivity index is 1.71. The minimum absolute atomic E-state index is 0.208. The molecule has 0 aliphatic heterocycles. The zero-order valence-corrected chi connectivity index (χ0v) is 14.4. The van der Waals surface area contributed by atoms with Crippen LogP contribution in [0.25, 0.3) is 0 Å². The number of carbonyl (C=O) groups excluding carboxylic acids is 1. The summed E-state index contributed by atoms with van der Waals surface area (Å²) in [7, 11) is 1.73. The van der Waals surface area contributed by atoms with E-state index >= 15 is 0 Å². The van der Waals surface area contributed by atoms with E-state index in [4.69, 9.17) is 11.6 Å². The summed E-state index contributed by atoms with van der Waals surface area (Å²) in [6, 6.07) is 7.49. The van der Waals surface area contributed by atoms with Gasteiger partial charge in [0.2, 0.25) is 5.95 Å². The Kier molecular flexibility index (Phi) is 4.44. The van der Waals surface area contributed by atoms with Gasteiger partial charge in [0.1, 0.15) is 6.33 Å². The molecule has 2 heterocycles. The number of nitrogens with zero attached hydrogens (tertiary/aromatic N) is 5. The molecule has 1 aromatic carbocycles. The van der Waals surface area contributed by atoms with E-state index < -0.39 is 0 Å². The molecule has 7 nitrogen and oxygen atoms in total. The number of hydrogen-bond donors (Lipinski definition) is 1. The van der Waals surface area contributed by atoms with E-state index in [2.05, 4.69) is 36.4 Å². The predicted octanol–water partition coefficient (Wildman–Crippen LogP) is 2.73. The van der Waals surface area contributed by atoms with E-state index in [0.717, 1.165) is 5.56 Å². The van der Waals surface area contributed by atoms with E-state index in [1.165, 1.54) is 6.33 Å². The molecular weight excluding hydrogens is 384 g/mol. The maximum Gasteiger partial charge on any atom is 0.279 e. The summed E-state index contributed by atoms with van der Waals surface area (Å²) in [5.74, 6) is -0.174. The van der Waals surface area contributed by atoms with Gasteiger partial charge in [-0.05, 0) is 27.6 Å². The van der Waals surface area contributed by atoms with Crippen LogP contribution in [0.3, 0.4) is 0 Å². The van der Waals surface area contributed by atoms with Crippen LogP contribution in [0.2, 0.25) is 5.02 Å². The number of benzene rings is 1. The molecule has 2 aromatic heterocycles. The number of amides is 1. The fourth-order valence-corrected chi connectivity index (χ4v) is 2.75. The molecule has 0 spiro atoms. The van der Waals surface area contributed by atoms with Crippen molar-refractivity contribution in [3.05, 3.63) is 57.5 Å². The number of aromatic nitrogens is 5. The van der Waals surface area contributed by atoms with E-state index in [1.54, 1.807) is 22.6 Å². The maximum absolute atomic E-state index is 12.1. The van der Waals surface area contributed by atoms with Gasteiger partial charge in [-0.25, -0.2) is 9.67 Å². The van der Waals surface area contributed by atoms with E-state index in [9.17, 15) is 4.79 Å². The van der Waals surface area contributed by atoms with Gasteiger partial charge in [0.15, 0.2) is 5.69 Å². The molecule has 0 fully saturated rings. The molecule has 1 N–H and O–H groups in total. The molecule has 0 aliphatic rings. The van der Waals surface area contributed by atoms with Crippen molar-refractivity contribution in [2.75, 3.05) is 5.32 Å². The quantitative estimate of drug-likeness (QED) is 0.737. The summed E-state index contributed by atoms with van der Waals surface area (Å²) in [6.45, 7) is 0.468. The molecule has 0 radical (unpaired) electrons. The second-order valence-electron chi connectivity index (χ2n) is 4.81. The van der Waals surface area contributed by atoms with Crippen molar-refractivity contribution in [1.82, 2.24) is 24.5 Å². The number of halogens is 2. The largest absolute Gasteiger partial charge is 0.288 e. The van der Waals surface area contributed by atoms with Crippen LogP contribution in [0.15, 0.2) is 41.3 Å². The molecule has 0 unspecified atom stereocenters. The monoisotopic (exact) mass is 394 g/mol. The van der Waals surface area contributed by atoms with Crippen LogP contribution in [0.4, 0.5) is 5.95 Å². The van der Waals surface area contributed by atoms with E-state index in [0.29, 0.717) is 16.0 Å². The van der Waals surface area contributed by atoms with Crippen LogP contribution in [0, 0.1) is 0 Å². The highest BCUT2D eigenvalue weighted by Crippen LogP contribution is 2.17. The summed E-state index contributed by atoms with van der Waals surface area (Å²) in [6.07, 6.45) is 3.23. The number of hydrogen-bond acceptors (Lipinski definition) is 4. The molecular formula is C14H12BrClN6O. The van der Waals surface area contributed by atoms with Gasteiger partial charge < -0.3 is 0 Å². The average molecular weight is 396 g/mol. The van der Waals surface area contributed by atoms with Gasteiger partial charge in [-0.1, -0.05) is 29.8 Å². The van der Waals surface area contributed by atoms with Gasteiger partial charge in [-0.15, -0.1) is 5.10 Å². The molecule has 118 valence electrons. The molecule has 9 heteroatoms. The molecule has 0 saturated heterocycles. The van der Waals surface area contributed by atoms with Crippen molar-refractivity contribution < 1.29 is 4.79 Å². The lowest BCUT2D eigenvalue weighted by molar-refractivity contribution is 0.102. The molecule has 3 aromatic rings. The Morgan fingerprint density at radius 1 is 1.35 bits per heavy atom. The van der Waals surface area contributed by atoms with Gasteiger partial charge in [0.05, 0.1) is 11.0 Å². The Bertz CT molecular complexity index is 859. The zero-order chi connectivity index (χ0) is 16.4. The predicted molar refractivity (Wildman–Crippen MR) is 89.4 cm³/mol. The Morgan fingerprint density at radius 3 is 2.83 bits per heavy atom. The van der Waals surface area contributed by atoms with Crippen molar-refractivity contribution in [1.29, 1.82) is 0 Å². The molecule has 0 aliphatic carbocycles. The standard InChI is InChI=1S/C14H12BrClN6O/c1-21-7-10(15)12(19-21)13(23)18-14-17-8-22(20-14)6-9-4-2-3-5-11(9)16/h2-5,7-8H,6H2,1H3,(H,18,20,23). The number of rotatable bonds is 4. The first kappa shape index (κ1) is 15.7. The minimum Gasteiger partial charge on any atom is -0.288 e. The van der Waals surface area contributed by atoms with Crippen LogP contribution in [-0.2, 0) is 13.6 Å². The Labute approximate surface area is 145 Å². The van der Waals surface area contributed by atoms with Gasteiger partial charge in [0, 0.05) is 18.3 Å². The van der Waals surface area contributed by atoms with Crippen molar-refractivity contribution in [3.8, 4) is 0 Å². The van der Waals surface area contributed by atoms with Crippen molar-refractivity contribution in [3.63, 3.8) is 0 Å².